The van der Waals surface area contributed by atoms with Crippen LogP contribution in [0, 0.1) is 0 Å². The summed E-state index contributed by atoms with van der Waals surface area (Å²) in [7, 11) is -8.45. The summed E-state index contributed by atoms with van der Waals surface area (Å²) in [5.74, 6) is 0. The molecule has 0 atom stereocenters. The van der Waals surface area contributed by atoms with Crippen LogP contribution < -0.4 is 4.84 Å². The molecule has 0 spiro atoms. The fourth-order valence-electron chi connectivity index (χ4n) is 3.45. The second-order valence-electron chi connectivity index (χ2n) is 9.74. The van der Waals surface area contributed by atoms with Gasteiger partial charge in [-0.3, -0.25) is 13.0 Å². The van der Waals surface area contributed by atoms with Gasteiger partial charge in [0, 0.05) is 31.4 Å². The zero-order chi connectivity index (χ0) is 26.6. The Morgan fingerprint density at radius 2 is 1.61 bits per heavy atom. The van der Waals surface area contributed by atoms with E-state index >= 15 is 0 Å². The topological polar surface area (TPSA) is 144 Å². The molecule has 0 fully saturated rings. The molecule has 0 unspecified atom stereocenters. The van der Waals surface area contributed by atoms with E-state index in [0.29, 0.717) is 17.9 Å². The van der Waals surface area contributed by atoms with Crippen molar-refractivity contribution in [3.63, 3.8) is 0 Å². The van der Waals surface area contributed by atoms with Gasteiger partial charge in [0.25, 0.3) is 20.2 Å². The van der Waals surface area contributed by atoms with Gasteiger partial charge >= 0.3 is 0 Å². The summed E-state index contributed by atoms with van der Waals surface area (Å²) in [5, 5.41) is 5.22. The van der Waals surface area contributed by atoms with Crippen molar-refractivity contribution in [2.45, 2.75) is 44.6 Å². The van der Waals surface area contributed by atoms with E-state index in [2.05, 4.69) is 34.7 Å². The molecule has 0 aliphatic carbocycles. The summed E-state index contributed by atoms with van der Waals surface area (Å²) in [5.41, 5.74) is 2.03. The minimum Gasteiger partial charge on any atom is -0.413 e. The first kappa shape index (κ1) is 28.2. The fourth-order valence-corrected chi connectivity index (χ4v) is 4.95. The molecule has 3 rings (SSSR count). The largest absolute Gasteiger partial charge is 0.413 e. The molecule has 0 saturated carbocycles. The van der Waals surface area contributed by atoms with Crippen molar-refractivity contribution in [2.75, 3.05) is 32.3 Å². The van der Waals surface area contributed by atoms with Crippen molar-refractivity contribution in [3.05, 3.63) is 31.0 Å². The van der Waals surface area contributed by atoms with Gasteiger partial charge in [-0.25, -0.2) is 9.97 Å². The highest BCUT2D eigenvalue weighted by Crippen LogP contribution is 2.27. The van der Waals surface area contributed by atoms with Gasteiger partial charge in [0.15, 0.2) is 5.65 Å². The highest BCUT2D eigenvalue weighted by Gasteiger charge is 2.19. The molecule has 0 saturated heterocycles. The highest BCUT2D eigenvalue weighted by atomic mass is 32.2. The van der Waals surface area contributed by atoms with E-state index in [1.165, 1.54) is 6.33 Å². The van der Waals surface area contributed by atoms with Crippen LogP contribution in [0.2, 0.25) is 25.7 Å². The van der Waals surface area contributed by atoms with Crippen molar-refractivity contribution < 1.29 is 30.0 Å². The molecule has 0 amide bonds. The normalized spacial score (nSPS) is 13.1. The van der Waals surface area contributed by atoms with Crippen molar-refractivity contribution >= 4 is 39.3 Å². The maximum Gasteiger partial charge on any atom is 0.264 e. The first-order valence-corrected chi connectivity index (χ1v) is 18.7. The van der Waals surface area contributed by atoms with E-state index in [1.54, 1.807) is 21.8 Å². The van der Waals surface area contributed by atoms with Gasteiger partial charge in [0.1, 0.15) is 12.9 Å². The predicted octanol–water partition coefficient (Wildman–Crippen LogP) is 2.34. The molecule has 0 aliphatic heterocycles. The number of fused-ring (bicyclic) bond motifs is 1. The van der Waals surface area contributed by atoms with Crippen LogP contribution in [0.15, 0.2) is 31.0 Å². The fraction of sp³-hybridized carbons (Fsp3) is 0.571. The third-order valence-electron chi connectivity index (χ3n) is 5.28. The van der Waals surface area contributed by atoms with E-state index < -0.39 is 28.3 Å². The molecule has 12 nitrogen and oxygen atoms in total. The number of hydrogen-bond donors (Lipinski definition) is 0. The van der Waals surface area contributed by atoms with Gasteiger partial charge in [-0.2, -0.15) is 26.7 Å². The lowest BCUT2D eigenvalue weighted by atomic mass is 10.1. The summed E-state index contributed by atoms with van der Waals surface area (Å²) < 4.78 is 58.4. The Balaban J connectivity index is 1.80. The van der Waals surface area contributed by atoms with E-state index in [-0.39, 0.29) is 32.1 Å². The van der Waals surface area contributed by atoms with Crippen LogP contribution in [0.4, 0.5) is 0 Å². The third kappa shape index (κ3) is 8.65. The van der Waals surface area contributed by atoms with Crippen molar-refractivity contribution in [1.29, 1.82) is 0 Å². The Labute approximate surface area is 212 Å². The third-order valence-corrected chi connectivity index (χ3v) is 8.17. The lowest BCUT2D eigenvalue weighted by Gasteiger charge is -2.17. The zero-order valence-corrected chi connectivity index (χ0v) is 23.8. The molecule has 15 heteroatoms. The lowest BCUT2D eigenvalue weighted by molar-refractivity contribution is 0.130. The van der Waals surface area contributed by atoms with Gasteiger partial charge in [-0.05, 0) is 25.0 Å². The van der Waals surface area contributed by atoms with Gasteiger partial charge < -0.3 is 4.84 Å². The predicted molar refractivity (Wildman–Crippen MR) is 138 cm³/mol. The highest BCUT2D eigenvalue weighted by molar-refractivity contribution is 7.86. The maximum absolute atomic E-state index is 11.4. The second kappa shape index (κ2) is 11.4. The molecule has 3 aromatic rings. The van der Waals surface area contributed by atoms with Crippen molar-refractivity contribution in [2.24, 2.45) is 0 Å². The molecular weight excluding hydrogens is 526 g/mol. The van der Waals surface area contributed by atoms with Gasteiger partial charge in [-0.1, -0.05) is 19.6 Å². The van der Waals surface area contributed by atoms with Gasteiger partial charge in [0.05, 0.1) is 43.7 Å². The molecular formula is C21H33N5O7S2Si. The Bertz CT molecular complexity index is 1340. The summed E-state index contributed by atoms with van der Waals surface area (Å²) >= 11 is 0. The van der Waals surface area contributed by atoms with Crippen LogP contribution in [-0.4, -0.2) is 81.7 Å². The van der Waals surface area contributed by atoms with Crippen LogP contribution in [0.3, 0.4) is 0 Å². The Kier molecular flexibility index (Phi) is 8.92. The monoisotopic (exact) mass is 559 g/mol. The Hall–Kier alpha value is -2.33. The second-order valence-corrected chi connectivity index (χ2v) is 18.6. The van der Waals surface area contributed by atoms with Gasteiger partial charge in [0.2, 0.25) is 0 Å². The molecule has 3 heterocycles. The SMILES string of the molecule is C[Si](C)(C)CCOn1ccc2c(-c3cnn(C(CCOS(C)(=O)=O)CCOS(C)(=O)=O)c3)ncnc21. The van der Waals surface area contributed by atoms with E-state index in [0.717, 1.165) is 29.5 Å². The smallest absolute Gasteiger partial charge is 0.264 e. The van der Waals surface area contributed by atoms with Crippen LogP contribution in [-0.2, 0) is 28.6 Å². The van der Waals surface area contributed by atoms with E-state index in [4.69, 9.17) is 13.2 Å². The van der Waals surface area contributed by atoms with Crippen molar-refractivity contribution in [1.82, 2.24) is 24.5 Å². The molecule has 3 aromatic heterocycles. The molecule has 0 N–H and O–H groups in total. The number of hydrogen-bond acceptors (Lipinski definition) is 10. The number of rotatable bonds is 14. The van der Waals surface area contributed by atoms with Gasteiger partial charge in [-0.15, -0.1) is 0 Å². The van der Waals surface area contributed by atoms with Crippen LogP contribution >= 0.6 is 0 Å². The molecule has 0 radical (unpaired) electrons. The maximum atomic E-state index is 11.4. The Morgan fingerprint density at radius 1 is 0.972 bits per heavy atom. The number of aromatic nitrogens is 5. The first-order valence-electron chi connectivity index (χ1n) is 11.4. The summed E-state index contributed by atoms with van der Waals surface area (Å²) in [4.78, 5) is 14.7. The minimum absolute atomic E-state index is 0.0765. The van der Waals surface area contributed by atoms with Crippen LogP contribution in [0.1, 0.15) is 18.9 Å². The average Bonchev–Trinajstić information content (AvgIpc) is 3.38. The standard InChI is InChI=1S/C21H33N5O7S2Si/c1-34(27,28)32-10-7-18(8-11-33-35(2,29)30)25-15-17(14-24-25)20-19-6-9-26(21(19)23-16-22-20)31-12-13-36(3,4)5/h6,9,14-16,18H,7-8,10-13H2,1-5H3. The molecule has 36 heavy (non-hydrogen) atoms. The summed E-state index contributed by atoms with van der Waals surface area (Å²) in [6, 6.07) is 2.53. The summed E-state index contributed by atoms with van der Waals surface area (Å²) in [6.07, 6.45) is 9.20. The van der Waals surface area contributed by atoms with E-state index in [1.807, 2.05) is 12.3 Å². The molecule has 200 valence electrons. The van der Waals surface area contributed by atoms with Crippen molar-refractivity contribution in [3.8, 4) is 11.3 Å². The molecule has 0 aliphatic rings. The Morgan fingerprint density at radius 3 is 2.19 bits per heavy atom. The molecule has 0 aromatic carbocycles. The lowest BCUT2D eigenvalue weighted by Crippen LogP contribution is -2.25. The number of nitrogens with zero attached hydrogens (tertiary/aromatic N) is 5. The average molecular weight is 560 g/mol. The summed E-state index contributed by atoms with van der Waals surface area (Å²) in [6.45, 7) is 7.31. The quantitative estimate of drug-likeness (QED) is 0.213. The zero-order valence-electron chi connectivity index (χ0n) is 21.1. The van der Waals surface area contributed by atoms with Crippen LogP contribution in [0.5, 0.6) is 0 Å². The van der Waals surface area contributed by atoms with Crippen LogP contribution in [0.25, 0.3) is 22.3 Å². The van der Waals surface area contributed by atoms with E-state index in [9.17, 15) is 16.8 Å². The minimum atomic E-state index is -3.61. The first-order chi connectivity index (χ1) is 16.7. The molecule has 0 bridgehead atoms.